The smallest absolute Gasteiger partial charge is 0.220 e. The van der Waals surface area contributed by atoms with E-state index in [0.717, 1.165) is 38.5 Å². The molecule has 0 aromatic carbocycles. The molecular weight excluding hydrogens is 300 g/mol. The van der Waals surface area contributed by atoms with E-state index in [4.69, 9.17) is 0 Å². The van der Waals surface area contributed by atoms with Crippen LogP contribution >= 0.6 is 0 Å². The van der Waals surface area contributed by atoms with Gasteiger partial charge < -0.3 is 10.6 Å². The molecule has 2 amide bonds. The van der Waals surface area contributed by atoms with Crippen LogP contribution in [0.3, 0.4) is 0 Å². The normalized spacial score (nSPS) is 20.6. The summed E-state index contributed by atoms with van der Waals surface area (Å²) in [5.74, 6) is 0.153. The number of carbonyl (C=O) groups is 2. The predicted molar refractivity (Wildman–Crippen MR) is 99.8 cm³/mol. The van der Waals surface area contributed by atoms with Crippen molar-refractivity contribution in [2.75, 3.05) is 0 Å². The fraction of sp³-hybridized carbons (Fsp3) is 0.900. The summed E-state index contributed by atoms with van der Waals surface area (Å²) in [6.07, 6.45) is 16.3. The maximum atomic E-state index is 12.1. The van der Waals surface area contributed by atoms with Crippen LogP contribution in [0.5, 0.6) is 0 Å². The van der Waals surface area contributed by atoms with E-state index in [1.54, 1.807) is 6.92 Å². The number of carbonyl (C=O) groups excluding carboxylic acids is 2. The van der Waals surface area contributed by atoms with E-state index in [1.807, 2.05) is 0 Å². The Kier molecular flexibility index (Phi) is 11.6. The summed E-state index contributed by atoms with van der Waals surface area (Å²) < 4.78 is 0. The molecule has 4 nitrogen and oxygen atoms in total. The molecular formula is C20H38N2O2. The average molecular weight is 339 g/mol. The van der Waals surface area contributed by atoms with Crippen molar-refractivity contribution in [1.82, 2.24) is 10.6 Å². The largest absolute Gasteiger partial charge is 0.352 e. The van der Waals surface area contributed by atoms with Gasteiger partial charge in [-0.1, -0.05) is 71.1 Å². The van der Waals surface area contributed by atoms with Gasteiger partial charge in [-0.25, -0.2) is 0 Å². The lowest BCUT2D eigenvalue weighted by molar-refractivity contribution is -0.124. The zero-order chi connectivity index (χ0) is 17.6. The van der Waals surface area contributed by atoms with Gasteiger partial charge in [-0.05, 0) is 19.3 Å². The number of unbranched alkanes of at least 4 members (excludes halogenated alkanes) is 8. The van der Waals surface area contributed by atoms with Crippen LogP contribution in [0.2, 0.25) is 0 Å². The van der Waals surface area contributed by atoms with Crippen molar-refractivity contribution in [3.05, 3.63) is 0 Å². The van der Waals surface area contributed by atoms with Crippen LogP contribution in [0, 0.1) is 0 Å². The highest BCUT2D eigenvalue weighted by molar-refractivity contribution is 5.77. The Hall–Kier alpha value is -1.06. The zero-order valence-corrected chi connectivity index (χ0v) is 15.9. The van der Waals surface area contributed by atoms with Crippen LogP contribution in [-0.2, 0) is 9.59 Å². The fourth-order valence-corrected chi connectivity index (χ4v) is 3.61. The van der Waals surface area contributed by atoms with Crippen molar-refractivity contribution in [2.24, 2.45) is 0 Å². The molecule has 1 aliphatic rings. The third kappa shape index (κ3) is 9.94. The van der Waals surface area contributed by atoms with Crippen LogP contribution in [-0.4, -0.2) is 23.9 Å². The minimum absolute atomic E-state index is 0.0000793. The maximum absolute atomic E-state index is 12.1. The molecule has 0 saturated heterocycles. The standard InChI is InChI=1S/C20H38N2O2/c1-3-4-5-6-7-8-9-10-11-16-20(24)22-19-15-13-12-14-18(19)21-17(2)23/h18-19H,3-16H2,1-2H3,(H,21,23)(H,22,24)/t18-,19-/m1/s1. The molecule has 0 bridgehead atoms. The topological polar surface area (TPSA) is 58.2 Å². The van der Waals surface area contributed by atoms with E-state index in [1.165, 1.54) is 44.9 Å². The Balaban J connectivity index is 2.07. The highest BCUT2D eigenvalue weighted by Crippen LogP contribution is 2.19. The molecule has 24 heavy (non-hydrogen) atoms. The molecule has 0 aromatic rings. The molecule has 140 valence electrons. The van der Waals surface area contributed by atoms with Crippen molar-refractivity contribution in [3.8, 4) is 0 Å². The summed E-state index contributed by atoms with van der Waals surface area (Å²) in [6, 6.07) is 0.233. The lowest BCUT2D eigenvalue weighted by Gasteiger charge is -2.32. The van der Waals surface area contributed by atoms with E-state index in [2.05, 4.69) is 17.6 Å². The first-order valence-corrected chi connectivity index (χ1v) is 10.2. The Morgan fingerprint density at radius 2 is 1.29 bits per heavy atom. The van der Waals surface area contributed by atoms with Gasteiger partial charge in [0.15, 0.2) is 0 Å². The second-order valence-electron chi connectivity index (χ2n) is 7.34. The van der Waals surface area contributed by atoms with Crippen molar-refractivity contribution in [1.29, 1.82) is 0 Å². The Labute approximate surface area is 148 Å². The third-order valence-corrected chi connectivity index (χ3v) is 5.01. The van der Waals surface area contributed by atoms with Gasteiger partial charge in [0, 0.05) is 25.4 Å². The second kappa shape index (κ2) is 13.3. The molecule has 0 aromatic heterocycles. The van der Waals surface area contributed by atoms with E-state index in [0.29, 0.717) is 6.42 Å². The third-order valence-electron chi connectivity index (χ3n) is 5.01. The molecule has 1 fully saturated rings. The van der Waals surface area contributed by atoms with Gasteiger partial charge in [0.05, 0.1) is 0 Å². The molecule has 0 aliphatic heterocycles. The monoisotopic (exact) mass is 338 g/mol. The van der Waals surface area contributed by atoms with Crippen LogP contribution < -0.4 is 10.6 Å². The first-order valence-electron chi connectivity index (χ1n) is 10.2. The summed E-state index contributed by atoms with van der Waals surface area (Å²) in [5, 5.41) is 6.13. The second-order valence-corrected chi connectivity index (χ2v) is 7.34. The predicted octanol–water partition coefficient (Wildman–Crippen LogP) is 4.47. The first-order chi connectivity index (χ1) is 11.6. The fourth-order valence-electron chi connectivity index (χ4n) is 3.61. The number of rotatable bonds is 12. The first kappa shape index (κ1) is 21.0. The minimum Gasteiger partial charge on any atom is -0.352 e. The number of amides is 2. The van der Waals surface area contributed by atoms with Crippen molar-refractivity contribution >= 4 is 11.8 Å². The van der Waals surface area contributed by atoms with Crippen molar-refractivity contribution in [3.63, 3.8) is 0 Å². The SMILES string of the molecule is CCCCCCCCCCCC(=O)N[C@@H]1CCCC[C@H]1NC(C)=O. The summed E-state index contributed by atoms with van der Waals surface area (Å²) in [4.78, 5) is 23.4. The average Bonchev–Trinajstić information content (AvgIpc) is 2.54. The number of hydrogen-bond donors (Lipinski definition) is 2. The zero-order valence-electron chi connectivity index (χ0n) is 15.9. The molecule has 1 rings (SSSR count). The van der Waals surface area contributed by atoms with E-state index in [-0.39, 0.29) is 23.9 Å². The van der Waals surface area contributed by atoms with Crippen molar-refractivity contribution < 1.29 is 9.59 Å². The summed E-state index contributed by atoms with van der Waals surface area (Å²) in [5.41, 5.74) is 0. The van der Waals surface area contributed by atoms with Crippen LogP contribution in [0.4, 0.5) is 0 Å². The Morgan fingerprint density at radius 1 is 0.792 bits per heavy atom. The number of hydrogen-bond acceptors (Lipinski definition) is 2. The highest BCUT2D eigenvalue weighted by atomic mass is 16.2. The lowest BCUT2D eigenvalue weighted by Crippen LogP contribution is -2.52. The minimum atomic E-state index is 0.0000793. The van der Waals surface area contributed by atoms with Crippen LogP contribution in [0.15, 0.2) is 0 Å². The molecule has 0 spiro atoms. The quantitative estimate of drug-likeness (QED) is 0.516. The van der Waals surface area contributed by atoms with Gasteiger partial charge in [-0.3, -0.25) is 9.59 Å². The Morgan fingerprint density at radius 3 is 1.83 bits per heavy atom. The molecule has 1 saturated carbocycles. The maximum Gasteiger partial charge on any atom is 0.220 e. The molecule has 2 atom stereocenters. The van der Waals surface area contributed by atoms with Gasteiger partial charge in [-0.15, -0.1) is 0 Å². The van der Waals surface area contributed by atoms with Crippen LogP contribution in [0.25, 0.3) is 0 Å². The molecule has 0 radical (unpaired) electrons. The Bertz CT molecular complexity index is 358. The lowest BCUT2D eigenvalue weighted by atomic mass is 9.90. The molecule has 4 heteroatoms. The van der Waals surface area contributed by atoms with E-state index < -0.39 is 0 Å². The van der Waals surface area contributed by atoms with Gasteiger partial charge in [0.1, 0.15) is 0 Å². The van der Waals surface area contributed by atoms with Gasteiger partial charge in [0.25, 0.3) is 0 Å². The number of nitrogens with one attached hydrogen (secondary N) is 2. The molecule has 1 aliphatic carbocycles. The van der Waals surface area contributed by atoms with E-state index in [9.17, 15) is 9.59 Å². The summed E-state index contributed by atoms with van der Waals surface area (Å²) in [7, 11) is 0. The molecule has 0 unspecified atom stereocenters. The molecule has 0 heterocycles. The van der Waals surface area contributed by atoms with Gasteiger partial charge in [-0.2, -0.15) is 0 Å². The highest BCUT2D eigenvalue weighted by Gasteiger charge is 2.26. The van der Waals surface area contributed by atoms with E-state index >= 15 is 0 Å². The summed E-state index contributed by atoms with van der Waals surface area (Å²) >= 11 is 0. The van der Waals surface area contributed by atoms with Gasteiger partial charge in [0.2, 0.25) is 11.8 Å². The van der Waals surface area contributed by atoms with Gasteiger partial charge >= 0.3 is 0 Å². The van der Waals surface area contributed by atoms with Crippen LogP contribution in [0.1, 0.15) is 104 Å². The van der Waals surface area contributed by atoms with Crippen molar-refractivity contribution in [2.45, 2.75) is 116 Å². The molecule has 2 N–H and O–H groups in total. The summed E-state index contributed by atoms with van der Waals surface area (Å²) in [6.45, 7) is 3.80.